The first-order chi connectivity index (χ1) is 19.3. The Hall–Kier alpha value is -2.99. The van der Waals surface area contributed by atoms with Crippen molar-refractivity contribution in [2.45, 2.75) is 90.8 Å². The molecule has 1 saturated heterocycles. The normalized spacial score (nSPS) is 27.9. The number of nitrogens with one attached hydrogen (secondary N) is 2. The monoisotopic (exact) mass is 569 g/mol. The molecule has 6 atom stereocenters. The Morgan fingerprint density at radius 3 is 2.56 bits per heavy atom. The SMILES string of the molecule is CC(C)C[C@H](NC(=O)[C@H](CCCN=C(N)N[N+](=O)[O-])CC(=O)c1ccccc1)B1O[C@@H]2C[C@@H]3C[C@@H](C3(C)C)[C@]2(C)O1. The fourth-order valence-corrected chi connectivity index (χ4v) is 7.08. The van der Waals surface area contributed by atoms with Gasteiger partial charge in [0.25, 0.3) is 5.96 Å². The maximum atomic E-state index is 13.8. The lowest BCUT2D eigenvalue weighted by Crippen LogP contribution is -2.65. The van der Waals surface area contributed by atoms with Crippen LogP contribution in [0, 0.1) is 39.2 Å². The number of amides is 1. The minimum absolute atomic E-state index is 0.00221. The maximum absolute atomic E-state index is 13.8. The van der Waals surface area contributed by atoms with Crippen LogP contribution in [-0.2, 0) is 14.1 Å². The van der Waals surface area contributed by atoms with Gasteiger partial charge in [-0.2, -0.15) is 0 Å². The van der Waals surface area contributed by atoms with Crippen LogP contribution in [0.4, 0.5) is 0 Å². The van der Waals surface area contributed by atoms with Gasteiger partial charge in [-0.15, -0.1) is 0 Å². The summed E-state index contributed by atoms with van der Waals surface area (Å²) >= 11 is 0. The minimum Gasteiger partial charge on any atom is -0.404 e. The molecule has 1 heterocycles. The second kappa shape index (κ2) is 12.5. The number of nitrogens with zero attached hydrogens (tertiary/aromatic N) is 2. The van der Waals surface area contributed by atoms with Gasteiger partial charge in [0.1, 0.15) is 0 Å². The zero-order valence-electron chi connectivity index (χ0n) is 24.8. The molecule has 41 heavy (non-hydrogen) atoms. The van der Waals surface area contributed by atoms with Crippen LogP contribution in [0.1, 0.15) is 83.5 Å². The topological polar surface area (TPSA) is 158 Å². The quantitative estimate of drug-likeness (QED) is 0.0619. The van der Waals surface area contributed by atoms with Crippen molar-refractivity contribution in [3.05, 3.63) is 46.0 Å². The Labute approximate surface area is 242 Å². The van der Waals surface area contributed by atoms with E-state index in [2.05, 4.69) is 44.9 Å². The van der Waals surface area contributed by atoms with Gasteiger partial charge < -0.3 is 20.4 Å². The molecule has 0 unspecified atom stereocenters. The number of rotatable bonds is 13. The molecule has 1 amide bonds. The molecule has 4 aliphatic rings. The number of guanidine groups is 1. The van der Waals surface area contributed by atoms with Gasteiger partial charge >= 0.3 is 7.12 Å². The Bertz CT molecular complexity index is 1150. The second-order valence-corrected chi connectivity index (χ2v) is 13.1. The predicted octanol–water partition coefficient (Wildman–Crippen LogP) is 3.55. The number of carbonyl (C=O) groups excluding carboxylic acids is 2. The maximum Gasteiger partial charge on any atom is 0.481 e. The van der Waals surface area contributed by atoms with Crippen LogP contribution in [0.15, 0.2) is 35.3 Å². The van der Waals surface area contributed by atoms with E-state index in [1.165, 1.54) is 0 Å². The zero-order valence-corrected chi connectivity index (χ0v) is 24.8. The van der Waals surface area contributed by atoms with Crippen molar-refractivity contribution in [1.82, 2.24) is 10.7 Å². The molecule has 0 aromatic heterocycles. The summed E-state index contributed by atoms with van der Waals surface area (Å²) in [6, 6.07) is 8.90. The minimum atomic E-state index is -0.781. The number of ketones is 1. The average Bonchev–Trinajstić information content (AvgIpc) is 3.26. The molecule has 0 radical (unpaired) electrons. The Morgan fingerprint density at radius 1 is 1.22 bits per heavy atom. The second-order valence-electron chi connectivity index (χ2n) is 13.1. The van der Waals surface area contributed by atoms with Crippen molar-refractivity contribution in [3.63, 3.8) is 0 Å². The van der Waals surface area contributed by atoms with E-state index < -0.39 is 18.1 Å². The summed E-state index contributed by atoms with van der Waals surface area (Å²) in [5.41, 5.74) is 7.69. The van der Waals surface area contributed by atoms with Crippen LogP contribution in [0.2, 0.25) is 0 Å². The summed E-state index contributed by atoms with van der Waals surface area (Å²) in [6.07, 6.45) is 3.59. The van der Waals surface area contributed by atoms with E-state index in [-0.39, 0.29) is 59.6 Å². The first kappa shape index (κ1) is 31.0. The molecular formula is C29H44BN5O6. The summed E-state index contributed by atoms with van der Waals surface area (Å²) in [5, 5.41) is 13.0. The van der Waals surface area contributed by atoms with Crippen LogP contribution in [0.5, 0.6) is 0 Å². The third kappa shape index (κ3) is 6.91. The third-order valence-corrected chi connectivity index (χ3v) is 9.45. The highest BCUT2D eigenvalue weighted by Gasteiger charge is 2.68. The van der Waals surface area contributed by atoms with E-state index in [1.54, 1.807) is 29.7 Å². The van der Waals surface area contributed by atoms with Crippen molar-refractivity contribution in [1.29, 1.82) is 0 Å². The van der Waals surface area contributed by atoms with Crippen LogP contribution < -0.4 is 16.5 Å². The van der Waals surface area contributed by atoms with Gasteiger partial charge in [-0.3, -0.25) is 9.59 Å². The third-order valence-electron chi connectivity index (χ3n) is 9.45. The molecule has 0 spiro atoms. The summed E-state index contributed by atoms with van der Waals surface area (Å²) < 4.78 is 13.2. The molecule has 5 rings (SSSR count). The summed E-state index contributed by atoms with van der Waals surface area (Å²) in [7, 11) is -0.561. The Balaban J connectivity index is 1.46. The van der Waals surface area contributed by atoms with E-state index in [4.69, 9.17) is 15.0 Å². The van der Waals surface area contributed by atoms with Crippen molar-refractivity contribution >= 4 is 24.8 Å². The number of hydrazine groups is 1. The van der Waals surface area contributed by atoms with Crippen molar-refractivity contribution in [2.75, 3.05) is 6.54 Å². The fraction of sp³-hybridized carbons (Fsp3) is 0.690. The van der Waals surface area contributed by atoms with E-state index in [1.807, 2.05) is 6.07 Å². The highest BCUT2D eigenvalue weighted by Crippen LogP contribution is 2.65. The van der Waals surface area contributed by atoms with E-state index in [0.29, 0.717) is 36.7 Å². The first-order valence-electron chi connectivity index (χ1n) is 14.7. The number of nitro groups is 1. The lowest BCUT2D eigenvalue weighted by molar-refractivity contribution is -0.525. The first-order valence-corrected chi connectivity index (χ1v) is 14.7. The summed E-state index contributed by atoms with van der Waals surface area (Å²) in [4.78, 5) is 41.4. The van der Waals surface area contributed by atoms with Crippen molar-refractivity contribution in [2.24, 2.45) is 39.8 Å². The molecule has 4 N–H and O–H groups in total. The molecule has 224 valence electrons. The number of carbonyl (C=O) groups is 2. The van der Waals surface area contributed by atoms with Crippen molar-refractivity contribution in [3.8, 4) is 0 Å². The van der Waals surface area contributed by atoms with Gasteiger partial charge in [-0.05, 0) is 62.2 Å². The Morgan fingerprint density at radius 2 is 1.93 bits per heavy atom. The molecule has 4 fully saturated rings. The molecule has 3 aliphatic carbocycles. The smallest absolute Gasteiger partial charge is 0.404 e. The lowest BCUT2D eigenvalue weighted by Gasteiger charge is -2.64. The average molecular weight is 570 g/mol. The van der Waals surface area contributed by atoms with Gasteiger partial charge in [0, 0.05) is 24.4 Å². The standard InChI is InChI=1S/C29H44BN5O6/c1-18(2)14-25(30-40-24-17-21-16-23(28(21,3)4)29(24,5)41-30)33-26(37)20(12-9-13-32-27(31)34-35(38)39)15-22(36)19-10-7-6-8-11-19/h6-8,10-11,18,20-21,23-25H,9,12-17H2,1-5H3,(H,33,37)(H3,31,32,34)/t20-,21+,23+,24-,25+,29+/m1/s1. The largest absolute Gasteiger partial charge is 0.481 e. The molecule has 3 saturated carbocycles. The van der Waals surface area contributed by atoms with Crippen LogP contribution in [-0.4, -0.2) is 54.0 Å². The molecule has 1 aromatic carbocycles. The number of benzene rings is 1. The van der Waals surface area contributed by atoms with Gasteiger partial charge in [0.15, 0.2) is 10.8 Å². The molecule has 1 aliphatic heterocycles. The van der Waals surface area contributed by atoms with Crippen LogP contribution in [0.25, 0.3) is 0 Å². The van der Waals surface area contributed by atoms with E-state index >= 15 is 0 Å². The molecule has 1 aromatic rings. The number of hydrogen-bond acceptors (Lipinski definition) is 7. The Kier molecular flexibility index (Phi) is 9.43. The number of hydrogen-bond donors (Lipinski definition) is 3. The number of Topliss-reactive ketones (excluding diaryl/α,β-unsaturated/α-hetero) is 1. The molecule has 12 heteroatoms. The fourth-order valence-electron chi connectivity index (χ4n) is 7.08. The van der Waals surface area contributed by atoms with Crippen LogP contribution in [0.3, 0.4) is 0 Å². The molecule has 2 bridgehead atoms. The number of aliphatic imine (C=N–C) groups is 1. The predicted molar refractivity (Wildman–Crippen MR) is 156 cm³/mol. The van der Waals surface area contributed by atoms with Crippen molar-refractivity contribution < 1.29 is 23.9 Å². The highest BCUT2D eigenvalue weighted by molar-refractivity contribution is 6.47. The molecule has 11 nitrogen and oxygen atoms in total. The highest BCUT2D eigenvalue weighted by atomic mass is 16.7. The van der Waals surface area contributed by atoms with Gasteiger partial charge in [0.2, 0.25) is 5.91 Å². The van der Waals surface area contributed by atoms with Gasteiger partial charge in [0.05, 0.1) is 17.6 Å². The summed E-state index contributed by atoms with van der Waals surface area (Å²) in [5.74, 6) is -0.343. The van der Waals surface area contributed by atoms with Gasteiger partial charge in [-0.25, -0.2) is 15.1 Å². The zero-order chi connectivity index (χ0) is 29.9. The van der Waals surface area contributed by atoms with E-state index in [9.17, 15) is 19.7 Å². The van der Waals surface area contributed by atoms with E-state index in [0.717, 1.165) is 12.8 Å². The summed E-state index contributed by atoms with van der Waals surface area (Å²) in [6.45, 7) is 11.2. The molecular weight excluding hydrogens is 525 g/mol. The number of nitrogens with two attached hydrogens (primary N) is 1. The lowest BCUT2D eigenvalue weighted by atomic mass is 9.43. The van der Waals surface area contributed by atoms with Gasteiger partial charge in [-0.1, -0.05) is 63.5 Å². The van der Waals surface area contributed by atoms with Crippen LogP contribution >= 0.6 is 0 Å².